The number of ketones is 1. The Morgan fingerprint density at radius 2 is 1.84 bits per heavy atom. The van der Waals surface area contributed by atoms with E-state index in [2.05, 4.69) is 19.9 Å². The Hall–Kier alpha value is -3.27. The highest BCUT2D eigenvalue weighted by Gasteiger charge is 2.76. The highest BCUT2D eigenvalue weighted by molar-refractivity contribution is 6.08. The number of allylic oxidation sites excluding steroid dienone is 2. The molecule has 1 amide bonds. The van der Waals surface area contributed by atoms with Crippen LogP contribution in [0.25, 0.3) is 0 Å². The average Bonchev–Trinajstić information content (AvgIpc) is 3.78. The predicted molar refractivity (Wildman–Crippen MR) is 189 cm³/mol. The number of nitrogens with zero attached hydrogens (tertiary/aromatic N) is 1. The van der Waals surface area contributed by atoms with Crippen LogP contribution in [0.2, 0.25) is 0 Å². The molecule has 4 bridgehead atoms. The highest BCUT2D eigenvalue weighted by atomic mass is 16.6. The number of rotatable bonds is 9. The van der Waals surface area contributed by atoms with E-state index < -0.39 is 33.6 Å². The molecule has 1 saturated heterocycles. The van der Waals surface area contributed by atoms with Crippen molar-refractivity contribution in [3.63, 3.8) is 0 Å². The molecular weight excluding hydrogens is 634 g/mol. The zero-order valence-corrected chi connectivity index (χ0v) is 30.7. The van der Waals surface area contributed by atoms with Gasteiger partial charge in [-0.15, -0.1) is 0 Å². The van der Waals surface area contributed by atoms with Crippen molar-refractivity contribution < 1.29 is 38.5 Å². The summed E-state index contributed by atoms with van der Waals surface area (Å²) in [6.07, 6.45) is 8.88. The molecule has 0 spiro atoms. The Labute approximate surface area is 296 Å². The maximum Gasteiger partial charge on any atom is 0.313 e. The molecule has 4 aliphatic carbocycles. The summed E-state index contributed by atoms with van der Waals surface area (Å²) in [6, 6.07) is 9.25. The standard InChI is InChI=1S/C41H55NO8/c1-27-10-7-17-38(4)32(30-15-13-28(24-29(43)14-12-27)25-31(30)34(44)33-11-8-23-49-33)16-18-40(38,47)26-42(21-9-22-48-6)35(45)41-20-19-39(5,36(46)50-41)37(41,2)3/h8,10-11,13,15,23,25,29,32,43,47H,7,9,12,14,16-22,24,26H2,1-6H3. The molecule has 9 nitrogen and oxygen atoms in total. The molecule has 1 aliphatic heterocycles. The third-order valence-electron chi connectivity index (χ3n) is 13.6. The number of fused-ring (bicyclic) bond motifs is 10. The second kappa shape index (κ2) is 13.4. The Morgan fingerprint density at radius 3 is 2.50 bits per heavy atom. The lowest BCUT2D eigenvalue weighted by Gasteiger charge is -2.47. The summed E-state index contributed by atoms with van der Waals surface area (Å²) >= 11 is 0. The lowest BCUT2D eigenvalue weighted by Crippen LogP contribution is -2.60. The first-order valence-corrected chi connectivity index (χ1v) is 18.4. The number of amides is 1. The molecule has 7 rings (SSSR count). The van der Waals surface area contributed by atoms with E-state index in [1.165, 1.54) is 11.8 Å². The fourth-order valence-corrected chi connectivity index (χ4v) is 9.68. The first kappa shape index (κ1) is 36.5. The minimum Gasteiger partial charge on any atom is -0.461 e. The zero-order chi connectivity index (χ0) is 36.1. The van der Waals surface area contributed by atoms with Crippen molar-refractivity contribution in [2.75, 3.05) is 26.8 Å². The summed E-state index contributed by atoms with van der Waals surface area (Å²) in [6.45, 7) is 10.9. The second-order valence-corrected chi connectivity index (χ2v) is 16.5. The first-order valence-electron chi connectivity index (χ1n) is 18.4. The zero-order valence-electron chi connectivity index (χ0n) is 30.7. The Balaban J connectivity index is 1.42. The number of esters is 1. The molecule has 6 unspecified atom stereocenters. The average molecular weight is 690 g/mol. The van der Waals surface area contributed by atoms with Gasteiger partial charge in [-0.3, -0.25) is 14.4 Å². The third kappa shape index (κ3) is 5.77. The van der Waals surface area contributed by atoms with Gasteiger partial charge in [0.25, 0.3) is 5.91 Å². The maximum atomic E-state index is 14.8. The van der Waals surface area contributed by atoms with E-state index >= 15 is 0 Å². The quantitative estimate of drug-likeness (QED) is 0.132. The fraction of sp³-hybridized carbons (Fsp3) is 0.634. The molecule has 3 fully saturated rings. The molecule has 2 heterocycles. The normalized spacial score (nSPS) is 33.4. The van der Waals surface area contributed by atoms with E-state index in [0.29, 0.717) is 76.5 Å². The van der Waals surface area contributed by atoms with Crippen LogP contribution < -0.4 is 0 Å². The van der Waals surface area contributed by atoms with Crippen LogP contribution >= 0.6 is 0 Å². The maximum absolute atomic E-state index is 14.8. The van der Waals surface area contributed by atoms with Crippen molar-refractivity contribution in [3.05, 3.63) is 70.7 Å². The monoisotopic (exact) mass is 689 g/mol. The van der Waals surface area contributed by atoms with E-state index in [4.69, 9.17) is 13.9 Å². The van der Waals surface area contributed by atoms with Crippen molar-refractivity contribution in [2.24, 2.45) is 16.2 Å². The number of furan rings is 1. The number of aliphatic hydroxyl groups is 2. The number of hydrogen-bond acceptors (Lipinski definition) is 8. The Kier molecular flexibility index (Phi) is 9.76. The summed E-state index contributed by atoms with van der Waals surface area (Å²) in [7, 11) is 1.63. The van der Waals surface area contributed by atoms with E-state index in [1.807, 2.05) is 39.0 Å². The van der Waals surface area contributed by atoms with Gasteiger partial charge >= 0.3 is 5.97 Å². The fourth-order valence-electron chi connectivity index (χ4n) is 9.68. The van der Waals surface area contributed by atoms with Crippen molar-refractivity contribution in [2.45, 2.75) is 122 Å². The summed E-state index contributed by atoms with van der Waals surface area (Å²) in [5.41, 5.74) is -1.40. The lowest BCUT2D eigenvalue weighted by atomic mass is 9.64. The molecule has 2 aromatic rings. The van der Waals surface area contributed by atoms with E-state index in [0.717, 1.165) is 17.5 Å². The number of aliphatic hydroxyl groups excluding tert-OH is 1. The lowest BCUT2D eigenvalue weighted by molar-refractivity contribution is -0.177. The van der Waals surface area contributed by atoms with Crippen LogP contribution in [0.1, 0.15) is 126 Å². The van der Waals surface area contributed by atoms with Gasteiger partial charge in [-0.05, 0) is 113 Å². The minimum atomic E-state index is -1.32. The van der Waals surface area contributed by atoms with Crippen LogP contribution in [0.4, 0.5) is 0 Å². The highest BCUT2D eigenvalue weighted by Crippen LogP contribution is 2.66. The number of ether oxygens (including phenoxy) is 2. The summed E-state index contributed by atoms with van der Waals surface area (Å²) in [4.78, 5) is 43.8. The van der Waals surface area contributed by atoms with Gasteiger partial charge in [0.1, 0.15) is 0 Å². The van der Waals surface area contributed by atoms with Crippen molar-refractivity contribution in [1.82, 2.24) is 4.90 Å². The van der Waals surface area contributed by atoms with Gasteiger partial charge in [-0.2, -0.15) is 0 Å². The van der Waals surface area contributed by atoms with Gasteiger partial charge in [0.05, 0.1) is 29.9 Å². The van der Waals surface area contributed by atoms with Crippen molar-refractivity contribution >= 4 is 17.7 Å². The summed E-state index contributed by atoms with van der Waals surface area (Å²) in [5, 5.41) is 23.9. The number of carbonyl (C=O) groups is 3. The first-order chi connectivity index (χ1) is 23.6. The van der Waals surface area contributed by atoms with Crippen molar-refractivity contribution in [3.8, 4) is 0 Å². The molecule has 5 aliphatic rings. The number of methoxy groups -OCH3 is 1. The van der Waals surface area contributed by atoms with Crippen LogP contribution in [0.3, 0.4) is 0 Å². The largest absolute Gasteiger partial charge is 0.461 e. The molecule has 0 radical (unpaired) electrons. The molecule has 1 aromatic carbocycles. The Morgan fingerprint density at radius 1 is 1.06 bits per heavy atom. The van der Waals surface area contributed by atoms with Crippen LogP contribution in [0.15, 0.2) is 52.7 Å². The van der Waals surface area contributed by atoms with E-state index in [-0.39, 0.29) is 35.9 Å². The molecule has 6 atom stereocenters. The van der Waals surface area contributed by atoms with Crippen LogP contribution in [-0.4, -0.2) is 76.9 Å². The topological polar surface area (TPSA) is 127 Å². The van der Waals surface area contributed by atoms with Gasteiger partial charge in [-0.25, -0.2) is 0 Å². The molecule has 1 aromatic heterocycles. The van der Waals surface area contributed by atoms with Crippen LogP contribution in [-0.2, 0) is 25.5 Å². The van der Waals surface area contributed by atoms with E-state index in [9.17, 15) is 24.6 Å². The molecule has 2 saturated carbocycles. The molecule has 50 heavy (non-hydrogen) atoms. The molecule has 272 valence electrons. The SMILES string of the molecule is COCCCN(CC1(O)CCC2c3ccc(cc3C(=O)c3ccco3)CC(O)CCC(C)=CCCC21C)C(=O)C12CCC(C)(C(=O)O1)C2(C)C. The van der Waals surface area contributed by atoms with Gasteiger partial charge < -0.3 is 29.0 Å². The van der Waals surface area contributed by atoms with E-state index in [1.54, 1.807) is 24.1 Å². The van der Waals surface area contributed by atoms with Gasteiger partial charge in [-0.1, -0.05) is 44.6 Å². The smallest absolute Gasteiger partial charge is 0.313 e. The summed E-state index contributed by atoms with van der Waals surface area (Å²) < 4.78 is 17.0. The van der Waals surface area contributed by atoms with Crippen LogP contribution in [0.5, 0.6) is 0 Å². The van der Waals surface area contributed by atoms with Crippen molar-refractivity contribution in [1.29, 1.82) is 0 Å². The summed E-state index contributed by atoms with van der Waals surface area (Å²) in [5.74, 6) is -0.774. The van der Waals surface area contributed by atoms with Gasteiger partial charge in [0, 0.05) is 36.7 Å². The third-order valence-corrected chi connectivity index (χ3v) is 13.6. The Bertz CT molecular complexity index is 1650. The molecule has 9 heteroatoms. The van der Waals surface area contributed by atoms with Gasteiger partial charge in [0.15, 0.2) is 11.4 Å². The number of hydrogen-bond donors (Lipinski definition) is 2. The minimum absolute atomic E-state index is 0.0725. The predicted octanol–water partition coefficient (Wildman–Crippen LogP) is 6.54. The second-order valence-electron chi connectivity index (χ2n) is 16.5. The molecule has 2 N–H and O–H groups in total. The number of carbonyl (C=O) groups excluding carboxylic acids is 3. The van der Waals surface area contributed by atoms with Gasteiger partial charge in [0.2, 0.25) is 5.78 Å². The number of benzene rings is 1. The van der Waals surface area contributed by atoms with Crippen LogP contribution in [0, 0.1) is 16.2 Å². The molecular formula is C41H55NO8.